The number of aryl methyl sites for hydroxylation is 1. The highest BCUT2D eigenvalue weighted by atomic mass is 32.1. The molecule has 7 nitrogen and oxygen atoms in total. The van der Waals surface area contributed by atoms with E-state index in [1.807, 2.05) is 45.0 Å². The normalized spacial score (nSPS) is 11.4. The van der Waals surface area contributed by atoms with Crippen LogP contribution in [0.3, 0.4) is 0 Å². The first-order valence-electron chi connectivity index (χ1n) is 9.15. The number of ether oxygens (including phenoxy) is 1. The first-order chi connectivity index (χ1) is 13.5. The van der Waals surface area contributed by atoms with E-state index < -0.39 is 0 Å². The summed E-state index contributed by atoms with van der Waals surface area (Å²) in [6.45, 7) is 6.24. The molecule has 0 saturated carbocycles. The van der Waals surface area contributed by atoms with E-state index in [-0.39, 0.29) is 12.1 Å². The van der Waals surface area contributed by atoms with Gasteiger partial charge in [-0.15, -0.1) is 11.3 Å². The average Bonchev–Trinajstić information content (AvgIpc) is 3.22. The van der Waals surface area contributed by atoms with Crippen molar-refractivity contribution in [3.63, 3.8) is 0 Å². The number of imidazole rings is 1. The number of anilines is 1. The van der Waals surface area contributed by atoms with Gasteiger partial charge in [0.05, 0.1) is 22.5 Å². The number of rotatable bonds is 6. The molecule has 8 heteroatoms. The molecular weight excluding hydrogens is 374 g/mol. The van der Waals surface area contributed by atoms with Crippen molar-refractivity contribution in [1.82, 2.24) is 19.9 Å². The number of para-hydroxylation sites is 2. The molecule has 0 saturated heterocycles. The van der Waals surface area contributed by atoms with Gasteiger partial charge in [0.15, 0.2) is 0 Å². The molecule has 144 valence electrons. The molecule has 2 N–H and O–H groups in total. The lowest BCUT2D eigenvalue weighted by molar-refractivity contribution is 0.0383. The van der Waals surface area contributed by atoms with Crippen molar-refractivity contribution in [3.8, 4) is 0 Å². The number of aromatic nitrogens is 4. The molecule has 0 radical (unpaired) electrons. The summed E-state index contributed by atoms with van der Waals surface area (Å²) in [6, 6.07) is 7.97. The Morgan fingerprint density at radius 2 is 2.11 bits per heavy atom. The Kier molecular flexibility index (Phi) is 4.95. The van der Waals surface area contributed by atoms with Crippen LogP contribution in [0.2, 0.25) is 0 Å². The van der Waals surface area contributed by atoms with Gasteiger partial charge in [0.1, 0.15) is 27.7 Å². The van der Waals surface area contributed by atoms with Crippen LogP contribution >= 0.6 is 11.3 Å². The van der Waals surface area contributed by atoms with Crippen LogP contribution in [-0.4, -0.2) is 38.6 Å². The lowest BCUT2D eigenvalue weighted by Gasteiger charge is -2.07. The molecule has 0 bridgehead atoms. The van der Waals surface area contributed by atoms with E-state index in [2.05, 4.69) is 25.3 Å². The van der Waals surface area contributed by atoms with Crippen LogP contribution in [0.1, 0.15) is 34.9 Å². The van der Waals surface area contributed by atoms with Gasteiger partial charge in [-0.25, -0.2) is 19.7 Å². The highest BCUT2D eigenvalue weighted by Gasteiger charge is 2.21. The minimum Gasteiger partial charge on any atom is -0.459 e. The fourth-order valence-electron chi connectivity index (χ4n) is 3.09. The van der Waals surface area contributed by atoms with Gasteiger partial charge in [-0.1, -0.05) is 12.1 Å². The molecule has 4 aromatic rings. The van der Waals surface area contributed by atoms with Gasteiger partial charge >= 0.3 is 5.97 Å². The Balaban J connectivity index is 1.53. The smallest absolute Gasteiger partial charge is 0.348 e. The Morgan fingerprint density at radius 1 is 1.29 bits per heavy atom. The van der Waals surface area contributed by atoms with Crippen molar-refractivity contribution in [2.75, 3.05) is 11.9 Å². The number of H-pyrrole nitrogens is 1. The summed E-state index contributed by atoms with van der Waals surface area (Å²) in [6.07, 6.45) is 2.08. The summed E-state index contributed by atoms with van der Waals surface area (Å²) in [7, 11) is 0. The Hall–Kier alpha value is -3.00. The van der Waals surface area contributed by atoms with Gasteiger partial charge in [0.2, 0.25) is 0 Å². The van der Waals surface area contributed by atoms with Crippen LogP contribution in [0.15, 0.2) is 30.6 Å². The van der Waals surface area contributed by atoms with Crippen LogP contribution < -0.4 is 5.32 Å². The van der Waals surface area contributed by atoms with Crippen molar-refractivity contribution in [1.29, 1.82) is 0 Å². The maximum atomic E-state index is 12.3. The SMILES string of the molecule is Cc1c(C(=O)OC(C)C)sc2ncnc(NCCc3nc4ccccc4[nH]3)c12. The van der Waals surface area contributed by atoms with Crippen molar-refractivity contribution >= 4 is 44.4 Å². The molecule has 28 heavy (non-hydrogen) atoms. The highest BCUT2D eigenvalue weighted by molar-refractivity contribution is 7.20. The van der Waals surface area contributed by atoms with Crippen molar-refractivity contribution < 1.29 is 9.53 Å². The van der Waals surface area contributed by atoms with E-state index in [0.717, 1.165) is 44.9 Å². The highest BCUT2D eigenvalue weighted by Crippen LogP contribution is 2.33. The van der Waals surface area contributed by atoms with E-state index in [1.54, 1.807) is 0 Å². The number of esters is 1. The second kappa shape index (κ2) is 7.55. The summed E-state index contributed by atoms with van der Waals surface area (Å²) < 4.78 is 5.34. The number of carbonyl (C=O) groups excluding carboxylic acids is 1. The number of hydrogen-bond acceptors (Lipinski definition) is 7. The van der Waals surface area contributed by atoms with Crippen molar-refractivity contribution in [2.24, 2.45) is 0 Å². The largest absolute Gasteiger partial charge is 0.459 e. The van der Waals surface area contributed by atoms with E-state index in [0.29, 0.717) is 11.4 Å². The molecule has 0 unspecified atom stereocenters. The minimum atomic E-state index is -0.316. The summed E-state index contributed by atoms with van der Waals surface area (Å²) >= 11 is 1.34. The summed E-state index contributed by atoms with van der Waals surface area (Å²) in [5.41, 5.74) is 2.84. The summed E-state index contributed by atoms with van der Waals surface area (Å²) in [4.78, 5) is 30.3. The maximum absolute atomic E-state index is 12.3. The van der Waals surface area contributed by atoms with Gasteiger partial charge in [-0.2, -0.15) is 0 Å². The van der Waals surface area contributed by atoms with Crippen LogP contribution in [0, 0.1) is 6.92 Å². The van der Waals surface area contributed by atoms with Gasteiger partial charge in [-0.3, -0.25) is 0 Å². The standard InChI is InChI=1S/C20H21N5O2S/c1-11(2)27-20(26)17-12(3)16-18(22-10-23-19(16)28-17)21-9-8-15-24-13-6-4-5-7-14(13)25-15/h4-7,10-11H,8-9H2,1-3H3,(H,24,25)(H,21,22,23). The van der Waals surface area contributed by atoms with E-state index in [1.165, 1.54) is 17.7 Å². The number of thiophene rings is 1. The predicted molar refractivity (Wildman–Crippen MR) is 111 cm³/mol. The molecule has 0 aliphatic rings. The topological polar surface area (TPSA) is 92.8 Å². The molecule has 3 aromatic heterocycles. The van der Waals surface area contributed by atoms with Crippen molar-refractivity contribution in [2.45, 2.75) is 33.3 Å². The third-order valence-corrected chi connectivity index (χ3v) is 5.53. The van der Waals surface area contributed by atoms with E-state index in [9.17, 15) is 4.79 Å². The van der Waals surface area contributed by atoms with Crippen molar-refractivity contribution in [3.05, 3.63) is 46.9 Å². The summed E-state index contributed by atoms with van der Waals surface area (Å²) in [5.74, 6) is 1.32. The zero-order chi connectivity index (χ0) is 19.7. The van der Waals surface area contributed by atoms with Gasteiger partial charge in [0, 0.05) is 13.0 Å². The third-order valence-electron chi connectivity index (χ3n) is 4.35. The molecule has 3 heterocycles. The lowest BCUT2D eigenvalue weighted by atomic mass is 10.2. The number of benzene rings is 1. The van der Waals surface area contributed by atoms with E-state index in [4.69, 9.17) is 4.74 Å². The third kappa shape index (κ3) is 3.55. The minimum absolute atomic E-state index is 0.162. The number of aromatic amines is 1. The zero-order valence-corrected chi connectivity index (χ0v) is 16.8. The predicted octanol–water partition coefficient (Wildman–Crippen LogP) is 4.10. The number of nitrogens with zero attached hydrogens (tertiary/aromatic N) is 3. The fourth-order valence-corrected chi connectivity index (χ4v) is 4.12. The first-order valence-corrected chi connectivity index (χ1v) is 9.97. The zero-order valence-electron chi connectivity index (χ0n) is 15.9. The quantitative estimate of drug-likeness (QED) is 0.478. The molecular formula is C20H21N5O2S. The van der Waals surface area contributed by atoms with Gasteiger partial charge in [0.25, 0.3) is 0 Å². The molecule has 1 aromatic carbocycles. The molecule has 0 aliphatic carbocycles. The van der Waals surface area contributed by atoms with Crippen LogP contribution in [0.5, 0.6) is 0 Å². The molecule has 4 rings (SSSR count). The number of carbonyl (C=O) groups is 1. The number of hydrogen-bond donors (Lipinski definition) is 2. The number of nitrogens with one attached hydrogen (secondary N) is 2. The average molecular weight is 395 g/mol. The number of fused-ring (bicyclic) bond motifs is 2. The first kappa shape index (κ1) is 18.4. The Bertz CT molecular complexity index is 1120. The molecule has 0 amide bonds. The Morgan fingerprint density at radius 3 is 2.89 bits per heavy atom. The van der Waals surface area contributed by atoms with Gasteiger partial charge in [-0.05, 0) is 38.5 Å². The maximum Gasteiger partial charge on any atom is 0.348 e. The molecule has 0 aliphatic heterocycles. The van der Waals surface area contributed by atoms with E-state index >= 15 is 0 Å². The van der Waals surface area contributed by atoms with Crippen LogP contribution in [0.25, 0.3) is 21.3 Å². The second-order valence-electron chi connectivity index (χ2n) is 6.79. The molecule has 0 fully saturated rings. The molecule has 0 spiro atoms. The van der Waals surface area contributed by atoms with Gasteiger partial charge < -0.3 is 15.0 Å². The molecule has 0 atom stereocenters. The summed E-state index contributed by atoms with van der Waals surface area (Å²) in [5, 5.41) is 4.23. The second-order valence-corrected chi connectivity index (χ2v) is 7.79. The van der Waals surface area contributed by atoms with Crippen LogP contribution in [0.4, 0.5) is 5.82 Å². The fraction of sp³-hybridized carbons (Fsp3) is 0.300. The lowest BCUT2D eigenvalue weighted by Crippen LogP contribution is -2.11. The monoisotopic (exact) mass is 395 g/mol. The van der Waals surface area contributed by atoms with Crippen LogP contribution in [-0.2, 0) is 11.2 Å². The Labute approximate surface area is 166 Å².